The van der Waals surface area contributed by atoms with Crippen LogP contribution in [-0.4, -0.2) is 37.9 Å². The zero-order valence-corrected chi connectivity index (χ0v) is 13.6. The van der Waals surface area contributed by atoms with Crippen molar-refractivity contribution in [1.82, 2.24) is 24.8 Å². The standard InChI is InChI=1S/C18H21N5O/c24-18-15-11-23(10-13-4-2-1-3-5-13)7-6-16(15)21-17(22-18)14-8-19-12-20-9-14/h1-2,8-9,12-13H,3-7,10-11H2,(H,21,22,24). The molecule has 24 heavy (non-hydrogen) atoms. The summed E-state index contributed by atoms with van der Waals surface area (Å²) in [5.74, 6) is 1.27. The summed E-state index contributed by atoms with van der Waals surface area (Å²) >= 11 is 0. The molecule has 0 bridgehead atoms. The average molecular weight is 323 g/mol. The second kappa shape index (κ2) is 6.65. The highest BCUT2D eigenvalue weighted by Gasteiger charge is 2.23. The molecular weight excluding hydrogens is 302 g/mol. The van der Waals surface area contributed by atoms with Gasteiger partial charge in [0, 0.05) is 38.4 Å². The molecule has 1 atom stereocenters. The third kappa shape index (κ3) is 3.14. The summed E-state index contributed by atoms with van der Waals surface area (Å²) in [5, 5.41) is 0. The van der Waals surface area contributed by atoms with Gasteiger partial charge in [-0.1, -0.05) is 12.2 Å². The van der Waals surface area contributed by atoms with Crippen molar-refractivity contribution >= 4 is 0 Å². The van der Waals surface area contributed by atoms with Crippen LogP contribution in [0.3, 0.4) is 0 Å². The lowest BCUT2D eigenvalue weighted by molar-refractivity contribution is 0.204. The zero-order chi connectivity index (χ0) is 16.4. The van der Waals surface area contributed by atoms with Crippen LogP contribution in [0.4, 0.5) is 0 Å². The molecular formula is C18H21N5O. The predicted molar refractivity (Wildman–Crippen MR) is 91.3 cm³/mol. The van der Waals surface area contributed by atoms with Gasteiger partial charge in [0.25, 0.3) is 5.56 Å². The molecule has 0 fully saturated rings. The normalized spacial score (nSPS) is 20.8. The first-order valence-corrected chi connectivity index (χ1v) is 8.54. The summed E-state index contributed by atoms with van der Waals surface area (Å²) in [6.45, 7) is 2.73. The van der Waals surface area contributed by atoms with Crippen molar-refractivity contribution < 1.29 is 0 Å². The molecule has 1 aliphatic heterocycles. The molecule has 0 amide bonds. The Morgan fingerprint density at radius 2 is 2.12 bits per heavy atom. The fourth-order valence-electron chi connectivity index (χ4n) is 3.58. The van der Waals surface area contributed by atoms with Crippen molar-refractivity contribution in [3.8, 4) is 11.4 Å². The molecule has 6 nitrogen and oxygen atoms in total. The van der Waals surface area contributed by atoms with Gasteiger partial charge in [-0.05, 0) is 25.2 Å². The fourth-order valence-corrected chi connectivity index (χ4v) is 3.58. The van der Waals surface area contributed by atoms with Crippen molar-refractivity contribution in [2.45, 2.75) is 32.2 Å². The number of hydrogen-bond acceptors (Lipinski definition) is 5. The lowest BCUT2D eigenvalue weighted by Crippen LogP contribution is -2.38. The van der Waals surface area contributed by atoms with Gasteiger partial charge in [-0.15, -0.1) is 0 Å². The Labute approximate surface area is 140 Å². The van der Waals surface area contributed by atoms with Crippen molar-refractivity contribution in [3.63, 3.8) is 0 Å². The first-order valence-electron chi connectivity index (χ1n) is 8.54. The maximum absolute atomic E-state index is 12.5. The molecule has 124 valence electrons. The van der Waals surface area contributed by atoms with Gasteiger partial charge in [0.2, 0.25) is 0 Å². The Kier molecular flexibility index (Phi) is 4.21. The van der Waals surface area contributed by atoms with Crippen molar-refractivity contribution in [1.29, 1.82) is 0 Å². The largest absolute Gasteiger partial charge is 0.306 e. The van der Waals surface area contributed by atoms with Crippen LogP contribution in [0.5, 0.6) is 0 Å². The average Bonchev–Trinajstić information content (AvgIpc) is 2.64. The van der Waals surface area contributed by atoms with Gasteiger partial charge >= 0.3 is 0 Å². The lowest BCUT2D eigenvalue weighted by Gasteiger charge is -2.31. The molecule has 2 aromatic rings. The van der Waals surface area contributed by atoms with Gasteiger partial charge < -0.3 is 4.98 Å². The van der Waals surface area contributed by atoms with Crippen molar-refractivity contribution in [2.24, 2.45) is 5.92 Å². The van der Waals surface area contributed by atoms with E-state index in [1.165, 1.54) is 19.2 Å². The minimum absolute atomic E-state index is 0.0351. The van der Waals surface area contributed by atoms with Gasteiger partial charge in [-0.3, -0.25) is 9.69 Å². The van der Waals surface area contributed by atoms with Crippen LogP contribution >= 0.6 is 0 Å². The van der Waals surface area contributed by atoms with E-state index in [4.69, 9.17) is 0 Å². The van der Waals surface area contributed by atoms with Crippen LogP contribution in [-0.2, 0) is 13.0 Å². The smallest absolute Gasteiger partial charge is 0.255 e. The molecule has 4 rings (SSSR count). The van der Waals surface area contributed by atoms with Gasteiger partial charge in [-0.2, -0.15) is 0 Å². The highest BCUT2D eigenvalue weighted by Crippen LogP contribution is 2.23. The van der Waals surface area contributed by atoms with E-state index < -0.39 is 0 Å². The van der Waals surface area contributed by atoms with E-state index in [1.54, 1.807) is 12.4 Å². The summed E-state index contributed by atoms with van der Waals surface area (Å²) in [4.78, 5) is 30.4. The van der Waals surface area contributed by atoms with E-state index in [2.05, 4.69) is 37.0 Å². The number of rotatable bonds is 3. The first-order chi connectivity index (χ1) is 11.8. The van der Waals surface area contributed by atoms with E-state index in [1.807, 2.05) is 0 Å². The minimum atomic E-state index is -0.0351. The van der Waals surface area contributed by atoms with Crippen LogP contribution in [0, 0.1) is 5.92 Å². The Morgan fingerprint density at radius 3 is 2.92 bits per heavy atom. The number of nitrogens with zero attached hydrogens (tertiary/aromatic N) is 4. The number of fused-ring (bicyclic) bond motifs is 1. The fraction of sp³-hybridized carbons (Fsp3) is 0.444. The second-order valence-corrected chi connectivity index (χ2v) is 6.60. The van der Waals surface area contributed by atoms with Gasteiger partial charge in [0.1, 0.15) is 12.2 Å². The van der Waals surface area contributed by atoms with E-state index >= 15 is 0 Å². The molecule has 1 aliphatic carbocycles. The molecule has 6 heteroatoms. The number of aromatic amines is 1. The van der Waals surface area contributed by atoms with Crippen LogP contribution in [0.2, 0.25) is 0 Å². The molecule has 0 aromatic carbocycles. The van der Waals surface area contributed by atoms with E-state index in [0.29, 0.717) is 18.3 Å². The van der Waals surface area contributed by atoms with Crippen molar-refractivity contribution in [2.75, 3.05) is 13.1 Å². The number of H-pyrrole nitrogens is 1. The highest BCUT2D eigenvalue weighted by atomic mass is 16.1. The summed E-state index contributed by atoms with van der Waals surface area (Å²) in [7, 11) is 0. The Hall–Kier alpha value is -2.34. The third-order valence-electron chi connectivity index (χ3n) is 4.88. The van der Waals surface area contributed by atoms with E-state index in [9.17, 15) is 4.79 Å². The van der Waals surface area contributed by atoms with E-state index in [0.717, 1.165) is 42.8 Å². The summed E-state index contributed by atoms with van der Waals surface area (Å²) < 4.78 is 0. The molecule has 2 aromatic heterocycles. The maximum Gasteiger partial charge on any atom is 0.255 e. The van der Waals surface area contributed by atoms with Crippen LogP contribution in [0.1, 0.15) is 30.5 Å². The summed E-state index contributed by atoms with van der Waals surface area (Å²) in [5.41, 5.74) is 2.44. The van der Waals surface area contributed by atoms with Gasteiger partial charge in [0.15, 0.2) is 0 Å². The number of aromatic nitrogens is 4. The Bertz CT molecular complexity index is 799. The van der Waals surface area contributed by atoms with Crippen LogP contribution in [0.15, 0.2) is 35.7 Å². The maximum atomic E-state index is 12.5. The zero-order valence-electron chi connectivity index (χ0n) is 13.6. The van der Waals surface area contributed by atoms with E-state index in [-0.39, 0.29) is 5.56 Å². The Balaban J connectivity index is 1.54. The molecule has 1 N–H and O–H groups in total. The molecule has 0 saturated heterocycles. The molecule has 0 radical (unpaired) electrons. The summed E-state index contributed by atoms with van der Waals surface area (Å²) in [6.07, 6.45) is 13.8. The summed E-state index contributed by atoms with van der Waals surface area (Å²) in [6, 6.07) is 0. The molecule has 0 spiro atoms. The van der Waals surface area contributed by atoms with Gasteiger partial charge in [-0.25, -0.2) is 15.0 Å². The quantitative estimate of drug-likeness (QED) is 0.874. The number of nitrogens with one attached hydrogen (secondary N) is 1. The Morgan fingerprint density at radius 1 is 1.25 bits per heavy atom. The molecule has 0 saturated carbocycles. The number of hydrogen-bond donors (Lipinski definition) is 1. The highest BCUT2D eigenvalue weighted by molar-refractivity contribution is 5.52. The predicted octanol–water partition coefficient (Wildman–Crippen LogP) is 1.94. The lowest BCUT2D eigenvalue weighted by atomic mass is 9.93. The second-order valence-electron chi connectivity index (χ2n) is 6.60. The minimum Gasteiger partial charge on any atom is -0.306 e. The first kappa shape index (κ1) is 15.2. The molecule has 2 aliphatic rings. The topological polar surface area (TPSA) is 74.8 Å². The van der Waals surface area contributed by atoms with Crippen LogP contribution in [0.25, 0.3) is 11.4 Å². The molecule has 1 unspecified atom stereocenters. The van der Waals surface area contributed by atoms with Crippen molar-refractivity contribution in [3.05, 3.63) is 52.5 Å². The number of allylic oxidation sites excluding steroid dienone is 2. The monoisotopic (exact) mass is 323 g/mol. The van der Waals surface area contributed by atoms with Gasteiger partial charge in [0.05, 0.1) is 16.8 Å². The molecule has 3 heterocycles. The third-order valence-corrected chi connectivity index (χ3v) is 4.88. The van der Waals surface area contributed by atoms with Crippen LogP contribution < -0.4 is 5.56 Å². The SMILES string of the molecule is O=c1[nH]c(-c2cncnc2)nc2c1CN(CC1CC=CCC1)CC2.